The predicted octanol–water partition coefficient (Wildman–Crippen LogP) is 2.48. The topological polar surface area (TPSA) is 45.7 Å². The minimum Gasteiger partial charge on any atom is -0.489 e. The second-order valence-corrected chi connectivity index (χ2v) is 5.12. The zero-order chi connectivity index (χ0) is 15.1. The summed E-state index contributed by atoms with van der Waals surface area (Å²) in [5, 5.41) is 6.58. The molecule has 1 aromatic carbocycles. The molecule has 1 atom stereocenters. The summed E-state index contributed by atoms with van der Waals surface area (Å²) in [5.74, 6) is 1.00. The Hall–Kier alpha value is -2.04. The molecule has 0 saturated carbocycles. The molecule has 0 radical (unpaired) electrons. The van der Waals surface area contributed by atoms with E-state index in [0.717, 1.165) is 18.8 Å². The van der Waals surface area contributed by atoms with Crippen molar-refractivity contribution in [2.45, 2.75) is 31.9 Å². The first-order chi connectivity index (χ1) is 10.2. The average Bonchev–Trinajstić information content (AvgIpc) is 2.96. The predicted molar refractivity (Wildman–Crippen MR) is 83.1 cm³/mol. The van der Waals surface area contributed by atoms with Crippen molar-refractivity contribution in [3.8, 4) is 5.75 Å². The van der Waals surface area contributed by atoms with Gasteiger partial charge < -0.3 is 15.4 Å². The molecule has 2 rings (SSSR count). The molecule has 4 nitrogen and oxygen atoms in total. The van der Waals surface area contributed by atoms with E-state index in [2.05, 4.69) is 27.8 Å². The third-order valence-electron chi connectivity index (χ3n) is 3.26. The quantitative estimate of drug-likeness (QED) is 0.498. The lowest BCUT2D eigenvalue weighted by Crippen LogP contribution is -2.45. The van der Waals surface area contributed by atoms with Crippen molar-refractivity contribution >= 4 is 5.96 Å². The van der Waals surface area contributed by atoms with Gasteiger partial charge in [-0.05, 0) is 31.9 Å². The Balaban J connectivity index is 1.75. The SMILES string of the molecule is CN=C(NCC(C)Oc1cccc(F)c1)NC1CC=CC1. The molecule has 0 amide bonds. The van der Waals surface area contributed by atoms with E-state index in [0.29, 0.717) is 18.3 Å². The summed E-state index contributed by atoms with van der Waals surface area (Å²) in [6.07, 6.45) is 6.29. The van der Waals surface area contributed by atoms with Crippen LogP contribution in [0.3, 0.4) is 0 Å². The molecule has 1 aromatic rings. The third-order valence-corrected chi connectivity index (χ3v) is 3.26. The van der Waals surface area contributed by atoms with E-state index in [1.165, 1.54) is 12.1 Å². The van der Waals surface area contributed by atoms with Gasteiger partial charge in [0, 0.05) is 19.2 Å². The molecule has 0 spiro atoms. The van der Waals surface area contributed by atoms with E-state index in [9.17, 15) is 4.39 Å². The highest BCUT2D eigenvalue weighted by Crippen LogP contribution is 2.13. The summed E-state index contributed by atoms with van der Waals surface area (Å²) < 4.78 is 18.7. The number of ether oxygens (including phenoxy) is 1. The largest absolute Gasteiger partial charge is 0.489 e. The average molecular weight is 291 g/mol. The Bertz CT molecular complexity index is 508. The van der Waals surface area contributed by atoms with Gasteiger partial charge in [-0.15, -0.1) is 0 Å². The Morgan fingerprint density at radius 1 is 1.43 bits per heavy atom. The summed E-state index contributed by atoms with van der Waals surface area (Å²) in [6.45, 7) is 2.53. The number of guanidine groups is 1. The highest BCUT2D eigenvalue weighted by atomic mass is 19.1. The third kappa shape index (κ3) is 5.10. The van der Waals surface area contributed by atoms with Gasteiger partial charge in [0.1, 0.15) is 17.7 Å². The van der Waals surface area contributed by atoms with E-state index in [-0.39, 0.29) is 11.9 Å². The van der Waals surface area contributed by atoms with E-state index in [4.69, 9.17) is 4.74 Å². The zero-order valence-corrected chi connectivity index (χ0v) is 12.5. The summed E-state index contributed by atoms with van der Waals surface area (Å²) in [5.41, 5.74) is 0. The number of aliphatic imine (C=N–C) groups is 1. The number of nitrogens with one attached hydrogen (secondary N) is 2. The fourth-order valence-corrected chi connectivity index (χ4v) is 2.18. The maximum atomic E-state index is 13.1. The molecule has 2 N–H and O–H groups in total. The van der Waals surface area contributed by atoms with Gasteiger partial charge in [-0.1, -0.05) is 18.2 Å². The first-order valence-corrected chi connectivity index (χ1v) is 7.22. The molecular formula is C16H22FN3O. The molecule has 0 bridgehead atoms. The lowest BCUT2D eigenvalue weighted by atomic mass is 10.2. The van der Waals surface area contributed by atoms with Crippen LogP contribution in [0.25, 0.3) is 0 Å². The van der Waals surface area contributed by atoms with E-state index in [1.807, 2.05) is 6.92 Å². The van der Waals surface area contributed by atoms with E-state index >= 15 is 0 Å². The van der Waals surface area contributed by atoms with E-state index in [1.54, 1.807) is 19.2 Å². The molecule has 21 heavy (non-hydrogen) atoms. The van der Waals surface area contributed by atoms with Crippen molar-refractivity contribution in [2.24, 2.45) is 4.99 Å². The van der Waals surface area contributed by atoms with Crippen LogP contribution in [-0.2, 0) is 0 Å². The van der Waals surface area contributed by atoms with Crippen LogP contribution < -0.4 is 15.4 Å². The van der Waals surface area contributed by atoms with Gasteiger partial charge in [0.05, 0.1) is 6.54 Å². The van der Waals surface area contributed by atoms with Gasteiger partial charge in [0.15, 0.2) is 5.96 Å². The van der Waals surface area contributed by atoms with Gasteiger partial charge in [-0.2, -0.15) is 0 Å². The summed E-state index contributed by atoms with van der Waals surface area (Å²) in [4.78, 5) is 4.20. The van der Waals surface area contributed by atoms with Crippen molar-refractivity contribution < 1.29 is 9.13 Å². The Labute approximate surface area is 125 Å². The minimum absolute atomic E-state index is 0.0907. The number of halogens is 1. The van der Waals surface area contributed by atoms with Crippen LogP contribution in [-0.4, -0.2) is 31.7 Å². The van der Waals surface area contributed by atoms with Gasteiger partial charge in [-0.3, -0.25) is 4.99 Å². The Kier molecular flexibility index (Phi) is 5.60. The molecule has 5 heteroatoms. The second-order valence-electron chi connectivity index (χ2n) is 5.12. The number of hydrogen-bond acceptors (Lipinski definition) is 2. The van der Waals surface area contributed by atoms with Gasteiger partial charge in [-0.25, -0.2) is 4.39 Å². The second kappa shape index (κ2) is 7.67. The van der Waals surface area contributed by atoms with Crippen LogP contribution in [0.4, 0.5) is 4.39 Å². The molecule has 114 valence electrons. The van der Waals surface area contributed by atoms with Crippen LogP contribution in [0.1, 0.15) is 19.8 Å². The lowest BCUT2D eigenvalue weighted by Gasteiger charge is -2.20. The van der Waals surface area contributed by atoms with Crippen molar-refractivity contribution in [3.05, 3.63) is 42.2 Å². The van der Waals surface area contributed by atoms with Crippen molar-refractivity contribution in [2.75, 3.05) is 13.6 Å². The maximum absolute atomic E-state index is 13.1. The molecule has 1 unspecified atom stereocenters. The van der Waals surface area contributed by atoms with Crippen LogP contribution in [0.2, 0.25) is 0 Å². The monoisotopic (exact) mass is 291 g/mol. The highest BCUT2D eigenvalue weighted by Gasteiger charge is 2.12. The highest BCUT2D eigenvalue weighted by molar-refractivity contribution is 5.80. The van der Waals surface area contributed by atoms with Crippen molar-refractivity contribution in [1.29, 1.82) is 0 Å². The molecule has 1 aliphatic carbocycles. The van der Waals surface area contributed by atoms with E-state index < -0.39 is 0 Å². The molecule has 0 saturated heterocycles. The van der Waals surface area contributed by atoms with Crippen molar-refractivity contribution in [1.82, 2.24) is 10.6 Å². The molecule has 1 aliphatic rings. The standard InChI is InChI=1S/C16H22FN3O/c1-12(21-15-9-5-6-13(17)10-15)11-19-16(18-2)20-14-7-3-4-8-14/h3-6,9-10,12,14H,7-8,11H2,1-2H3,(H2,18,19,20). The number of hydrogen-bond donors (Lipinski definition) is 2. The first kappa shape index (κ1) is 15.4. The number of benzene rings is 1. The van der Waals surface area contributed by atoms with Crippen LogP contribution in [0.15, 0.2) is 41.4 Å². The molecule has 0 aliphatic heterocycles. The maximum Gasteiger partial charge on any atom is 0.191 e. The molecular weight excluding hydrogens is 269 g/mol. The zero-order valence-electron chi connectivity index (χ0n) is 12.5. The Morgan fingerprint density at radius 2 is 2.19 bits per heavy atom. The summed E-state index contributed by atoms with van der Waals surface area (Å²) in [7, 11) is 1.75. The smallest absolute Gasteiger partial charge is 0.191 e. The fourth-order valence-electron chi connectivity index (χ4n) is 2.18. The van der Waals surface area contributed by atoms with Gasteiger partial charge >= 0.3 is 0 Å². The van der Waals surface area contributed by atoms with Crippen molar-refractivity contribution in [3.63, 3.8) is 0 Å². The minimum atomic E-state index is -0.293. The van der Waals surface area contributed by atoms with Gasteiger partial charge in [0.25, 0.3) is 0 Å². The Morgan fingerprint density at radius 3 is 2.86 bits per heavy atom. The summed E-state index contributed by atoms with van der Waals surface area (Å²) in [6, 6.07) is 6.58. The van der Waals surface area contributed by atoms with Crippen LogP contribution >= 0.6 is 0 Å². The van der Waals surface area contributed by atoms with Crippen LogP contribution in [0.5, 0.6) is 5.75 Å². The normalized spacial score (nSPS) is 16.8. The van der Waals surface area contributed by atoms with Gasteiger partial charge in [0.2, 0.25) is 0 Å². The number of nitrogens with zero attached hydrogens (tertiary/aromatic N) is 1. The fraction of sp³-hybridized carbons (Fsp3) is 0.438. The first-order valence-electron chi connectivity index (χ1n) is 7.22. The summed E-state index contributed by atoms with van der Waals surface area (Å²) >= 11 is 0. The molecule has 0 heterocycles. The lowest BCUT2D eigenvalue weighted by molar-refractivity contribution is 0.223. The molecule has 0 aromatic heterocycles. The number of rotatable bonds is 5. The van der Waals surface area contributed by atoms with Crippen LogP contribution in [0, 0.1) is 5.82 Å². The molecule has 0 fully saturated rings.